The molecule has 1 aromatic carbocycles. The van der Waals surface area contributed by atoms with Crippen LogP contribution >= 0.6 is 11.3 Å². The van der Waals surface area contributed by atoms with Crippen LogP contribution < -0.4 is 14.8 Å². The van der Waals surface area contributed by atoms with Crippen molar-refractivity contribution in [2.45, 2.75) is 32.8 Å². The molecule has 0 aliphatic carbocycles. The molecule has 0 fully saturated rings. The fraction of sp³-hybridized carbons (Fsp3) is 0.375. The van der Waals surface area contributed by atoms with E-state index < -0.39 is 0 Å². The van der Waals surface area contributed by atoms with E-state index in [0.717, 1.165) is 23.4 Å². The molecule has 1 amide bonds. The second-order valence-corrected chi connectivity index (χ2v) is 6.77. The maximum Gasteiger partial charge on any atom is 0.264 e. The lowest BCUT2D eigenvalue weighted by Crippen LogP contribution is -2.25. The summed E-state index contributed by atoms with van der Waals surface area (Å²) < 4.78 is 11.5. The number of benzene rings is 1. The number of hydrogen-bond donors (Lipinski definition) is 1. The molecule has 0 spiro atoms. The fourth-order valence-electron chi connectivity index (χ4n) is 2.41. The summed E-state index contributed by atoms with van der Waals surface area (Å²) in [6, 6.07) is 5.76. The number of hydrogen-bond acceptors (Lipinski definition) is 5. The Morgan fingerprint density at radius 2 is 2.32 bits per heavy atom. The summed E-state index contributed by atoms with van der Waals surface area (Å²) in [5, 5.41) is 5.19. The molecule has 6 heteroatoms. The first-order valence-corrected chi connectivity index (χ1v) is 7.97. The van der Waals surface area contributed by atoms with Crippen LogP contribution in [0.4, 0.5) is 5.13 Å². The van der Waals surface area contributed by atoms with Gasteiger partial charge in [0.25, 0.3) is 5.91 Å². The van der Waals surface area contributed by atoms with Crippen LogP contribution in [0.1, 0.15) is 25.1 Å². The van der Waals surface area contributed by atoms with E-state index in [1.807, 2.05) is 44.4 Å². The Labute approximate surface area is 133 Å². The van der Waals surface area contributed by atoms with Crippen LogP contribution in [0.2, 0.25) is 0 Å². The van der Waals surface area contributed by atoms with Gasteiger partial charge < -0.3 is 9.47 Å². The Morgan fingerprint density at radius 3 is 3.05 bits per heavy atom. The van der Waals surface area contributed by atoms with Gasteiger partial charge in [-0.2, -0.15) is 0 Å². The third-order valence-electron chi connectivity index (χ3n) is 3.28. The molecule has 1 aliphatic heterocycles. The van der Waals surface area contributed by atoms with Crippen molar-refractivity contribution in [3.8, 4) is 11.5 Å². The highest BCUT2D eigenvalue weighted by Crippen LogP contribution is 2.41. The Morgan fingerprint density at radius 1 is 1.50 bits per heavy atom. The van der Waals surface area contributed by atoms with Crippen molar-refractivity contribution in [2.24, 2.45) is 0 Å². The molecule has 0 bridgehead atoms. The predicted octanol–water partition coefficient (Wildman–Crippen LogP) is 3.18. The molecule has 0 radical (unpaired) electrons. The molecule has 116 valence electrons. The number of ether oxygens (including phenoxy) is 2. The van der Waals surface area contributed by atoms with Gasteiger partial charge in [0.2, 0.25) is 0 Å². The van der Waals surface area contributed by atoms with Gasteiger partial charge in [-0.15, -0.1) is 11.3 Å². The minimum Gasteiger partial charge on any atom is -0.483 e. The standard InChI is InChI=1S/C16H18N2O3S/c1-10-9-22-15(17-10)18-13(19)8-20-12-6-4-5-11-7-16(2,3)21-14(11)12/h4-6,9H,7-8H2,1-3H3,(H,17,18,19). The zero-order valence-corrected chi connectivity index (χ0v) is 13.6. The molecule has 3 rings (SSSR count). The van der Waals surface area contributed by atoms with Crippen LogP contribution in [-0.2, 0) is 11.2 Å². The maximum absolute atomic E-state index is 11.9. The molecule has 1 aromatic heterocycles. The number of aryl methyl sites for hydroxylation is 1. The lowest BCUT2D eigenvalue weighted by Gasteiger charge is -2.18. The summed E-state index contributed by atoms with van der Waals surface area (Å²) in [6.45, 7) is 5.89. The summed E-state index contributed by atoms with van der Waals surface area (Å²) in [7, 11) is 0. The highest BCUT2D eigenvalue weighted by atomic mass is 32.1. The smallest absolute Gasteiger partial charge is 0.264 e. The average molecular weight is 318 g/mol. The van der Waals surface area contributed by atoms with Crippen molar-refractivity contribution in [1.29, 1.82) is 0 Å². The molecule has 22 heavy (non-hydrogen) atoms. The summed E-state index contributed by atoms with van der Waals surface area (Å²) >= 11 is 1.40. The van der Waals surface area contributed by atoms with Crippen molar-refractivity contribution in [3.05, 3.63) is 34.8 Å². The van der Waals surface area contributed by atoms with Gasteiger partial charge in [0.1, 0.15) is 5.60 Å². The molecule has 1 aliphatic rings. The molecular weight excluding hydrogens is 300 g/mol. The molecule has 0 saturated heterocycles. The van der Waals surface area contributed by atoms with Gasteiger partial charge in [0.05, 0.1) is 5.69 Å². The number of fused-ring (bicyclic) bond motifs is 1. The first-order chi connectivity index (χ1) is 10.4. The quantitative estimate of drug-likeness (QED) is 0.940. The van der Waals surface area contributed by atoms with E-state index in [1.165, 1.54) is 11.3 Å². The van der Waals surface area contributed by atoms with Gasteiger partial charge in [-0.1, -0.05) is 12.1 Å². The third-order valence-corrected chi connectivity index (χ3v) is 4.15. The molecule has 0 unspecified atom stereocenters. The first-order valence-electron chi connectivity index (χ1n) is 7.09. The monoisotopic (exact) mass is 318 g/mol. The Kier molecular flexibility index (Phi) is 3.78. The van der Waals surface area contributed by atoms with E-state index in [4.69, 9.17) is 9.47 Å². The molecule has 1 N–H and O–H groups in total. The Balaban J connectivity index is 1.63. The number of anilines is 1. The maximum atomic E-state index is 11.9. The van der Waals surface area contributed by atoms with Crippen LogP contribution in [0.15, 0.2) is 23.6 Å². The summed E-state index contributed by atoms with van der Waals surface area (Å²) in [6.07, 6.45) is 0.837. The average Bonchev–Trinajstić information content (AvgIpc) is 2.97. The van der Waals surface area contributed by atoms with E-state index in [9.17, 15) is 4.79 Å². The lowest BCUT2D eigenvalue weighted by atomic mass is 10.0. The molecule has 2 aromatic rings. The Bertz CT molecular complexity index is 709. The van der Waals surface area contributed by atoms with Crippen molar-refractivity contribution in [2.75, 3.05) is 11.9 Å². The van der Waals surface area contributed by atoms with Crippen LogP contribution in [0.5, 0.6) is 11.5 Å². The van der Waals surface area contributed by atoms with Crippen LogP contribution in [0, 0.1) is 6.92 Å². The van der Waals surface area contributed by atoms with Gasteiger partial charge in [0.15, 0.2) is 23.2 Å². The zero-order valence-electron chi connectivity index (χ0n) is 12.8. The number of para-hydroxylation sites is 1. The van der Waals surface area contributed by atoms with Gasteiger partial charge in [-0.25, -0.2) is 4.98 Å². The van der Waals surface area contributed by atoms with E-state index in [0.29, 0.717) is 10.9 Å². The van der Waals surface area contributed by atoms with E-state index in [-0.39, 0.29) is 18.1 Å². The number of thiazole rings is 1. The molecule has 0 atom stereocenters. The number of carbonyl (C=O) groups is 1. The van der Waals surface area contributed by atoms with Crippen molar-refractivity contribution in [3.63, 3.8) is 0 Å². The third kappa shape index (κ3) is 3.22. The van der Waals surface area contributed by atoms with E-state index in [2.05, 4.69) is 10.3 Å². The van der Waals surface area contributed by atoms with Gasteiger partial charge in [-0.05, 0) is 26.8 Å². The SMILES string of the molecule is Cc1csc(NC(=O)COc2cccc3c2OC(C)(C)C3)n1. The lowest BCUT2D eigenvalue weighted by molar-refractivity contribution is -0.118. The highest BCUT2D eigenvalue weighted by molar-refractivity contribution is 7.13. The molecular formula is C16H18N2O3S. The molecule has 0 saturated carbocycles. The number of carbonyl (C=O) groups excluding carboxylic acids is 1. The molecule has 2 heterocycles. The van der Waals surface area contributed by atoms with Crippen LogP contribution in [0.3, 0.4) is 0 Å². The second kappa shape index (κ2) is 5.61. The van der Waals surface area contributed by atoms with Gasteiger partial charge >= 0.3 is 0 Å². The minimum atomic E-state index is -0.234. The van der Waals surface area contributed by atoms with Crippen molar-refractivity contribution >= 4 is 22.4 Å². The predicted molar refractivity (Wildman–Crippen MR) is 85.8 cm³/mol. The second-order valence-electron chi connectivity index (χ2n) is 5.91. The zero-order chi connectivity index (χ0) is 15.7. The van der Waals surface area contributed by atoms with Crippen LogP contribution in [-0.4, -0.2) is 23.1 Å². The summed E-state index contributed by atoms with van der Waals surface area (Å²) in [4.78, 5) is 16.1. The summed E-state index contributed by atoms with van der Waals surface area (Å²) in [5.41, 5.74) is 1.76. The Hall–Kier alpha value is -2.08. The number of nitrogens with zero attached hydrogens (tertiary/aromatic N) is 1. The number of rotatable bonds is 4. The topological polar surface area (TPSA) is 60.5 Å². The summed E-state index contributed by atoms with van der Waals surface area (Å²) in [5.74, 6) is 1.11. The van der Waals surface area contributed by atoms with Gasteiger partial charge in [-0.3, -0.25) is 10.1 Å². The number of aromatic nitrogens is 1. The van der Waals surface area contributed by atoms with E-state index in [1.54, 1.807) is 0 Å². The minimum absolute atomic E-state index is 0.0706. The molecule has 5 nitrogen and oxygen atoms in total. The normalized spacial score (nSPS) is 15.0. The van der Waals surface area contributed by atoms with Gasteiger partial charge in [0, 0.05) is 17.4 Å². The first kappa shape index (κ1) is 14.8. The number of nitrogens with one attached hydrogen (secondary N) is 1. The van der Waals surface area contributed by atoms with E-state index >= 15 is 0 Å². The highest BCUT2D eigenvalue weighted by Gasteiger charge is 2.32. The fourth-order valence-corrected chi connectivity index (χ4v) is 3.12. The van der Waals surface area contributed by atoms with Crippen molar-refractivity contribution in [1.82, 2.24) is 4.98 Å². The van der Waals surface area contributed by atoms with Crippen molar-refractivity contribution < 1.29 is 14.3 Å². The van der Waals surface area contributed by atoms with Crippen LogP contribution in [0.25, 0.3) is 0 Å². The number of amides is 1. The largest absolute Gasteiger partial charge is 0.483 e.